The van der Waals surface area contributed by atoms with Gasteiger partial charge in [-0.1, -0.05) is 11.6 Å². The number of methoxy groups -OCH3 is 4. The second-order valence-electron chi connectivity index (χ2n) is 7.92. The van der Waals surface area contributed by atoms with Gasteiger partial charge in [0, 0.05) is 22.2 Å². The Balaban J connectivity index is 1.90. The number of fused-ring (bicyclic) bond motifs is 1. The molecule has 0 aliphatic heterocycles. The predicted molar refractivity (Wildman–Crippen MR) is 136 cm³/mol. The molecule has 184 valence electrons. The van der Waals surface area contributed by atoms with E-state index in [4.69, 9.17) is 30.5 Å². The van der Waals surface area contributed by atoms with Crippen LogP contribution in [0.1, 0.15) is 26.4 Å². The number of ether oxygens (including phenoxy) is 4. The third-order valence-electron chi connectivity index (χ3n) is 5.87. The summed E-state index contributed by atoms with van der Waals surface area (Å²) in [6.45, 7) is -0.0553. The summed E-state index contributed by atoms with van der Waals surface area (Å²) in [4.78, 5) is 27.1. The lowest BCUT2D eigenvalue weighted by atomic mass is 10.00. The molecule has 0 spiro atoms. The molecule has 8 heteroatoms. The molecule has 0 saturated heterocycles. The summed E-state index contributed by atoms with van der Waals surface area (Å²) >= 11 is 5.97. The number of ketones is 2. The van der Waals surface area contributed by atoms with Crippen molar-refractivity contribution in [1.29, 1.82) is 0 Å². The fourth-order valence-electron chi connectivity index (χ4n) is 4.02. The molecule has 4 rings (SSSR count). The average Bonchev–Trinajstić information content (AvgIpc) is 2.91. The number of nitrogens with zero attached hydrogens (tertiary/aromatic N) is 1. The molecule has 0 atom stereocenters. The van der Waals surface area contributed by atoms with Crippen LogP contribution in [0.4, 0.5) is 0 Å². The fraction of sp³-hybridized carbons (Fsp3) is 0.179. The van der Waals surface area contributed by atoms with Gasteiger partial charge in [0.15, 0.2) is 29.2 Å². The molecular formula is C28H25ClNO6+. The molecule has 1 aromatic heterocycles. The maximum Gasteiger partial charge on any atom is 0.262 e. The van der Waals surface area contributed by atoms with E-state index in [0.29, 0.717) is 50.2 Å². The van der Waals surface area contributed by atoms with Gasteiger partial charge in [-0.2, -0.15) is 4.57 Å². The zero-order valence-corrected chi connectivity index (χ0v) is 21.1. The predicted octanol–water partition coefficient (Wildman–Crippen LogP) is 4.93. The molecule has 4 aromatic rings. The molecule has 1 heterocycles. The third kappa shape index (κ3) is 4.83. The van der Waals surface area contributed by atoms with Crippen molar-refractivity contribution in [2.45, 2.75) is 6.54 Å². The molecule has 36 heavy (non-hydrogen) atoms. The van der Waals surface area contributed by atoms with Crippen LogP contribution >= 0.6 is 11.6 Å². The van der Waals surface area contributed by atoms with Gasteiger partial charge in [-0.05, 0) is 60.0 Å². The topological polar surface area (TPSA) is 74.9 Å². The van der Waals surface area contributed by atoms with Crippen molar-refractivity contribution in [3.63, 3.8) is 0 Å². The van der Waals surface area contributed by atoms with Crippen LogP contribution in [0, 0.1) is 0 Å². The first kappa shape index (κ1) is 25.0. The minimum Gasteiger partial charge on any atom is -0.493 e. The third-order valence-corrected chi connectivity index (χ3v) is 6.13. The van der Waals surface area contributed by atoms with Gasteiger partial charge >= 0.3 is 0 Å². The molecule has 0 fully saturated rings. The number of Topliss-reactive ketones (excluding diaryl/α,β-unsaturated/α-hetero) is 1. The second kappa shape index (κ2) is 10.7. The van der Waals surface area contributed by atoms with Crippen LogP contribution in [0.5, 0.6) is 23.0 Å². The summed E-state index contributed by atoms with van der Waals surface area (Å²) in [5, 5.41) is 1.90. The number of pyridine rings is 1. The van der Waals surface area contributed by atoms with Gasteiger partial charge in [0.05, 0.1) is 33.8 Å². The number of halogens is 1. The summed E-state index contributed by atoms with van der Waals surface area (Å²) in [5.74, 6) is 1.46. The van der Waals surface area contributed by atoms with Crippen molar-refractivity contribution in [3.05, 3.63) is 88.7 Å². The zero-order chi connectivity index (χ0) is 25.8. The van der Waals surface area contributed by atoms with Gasteiger partial charge in [-0.3, -0.25) is 9.59 Å². The highest BCUT2D eigenvalue weighted by molar-refractivity contribution is 6.30. The normalized spacial score (nSPS) is 10.7. The van der Waals surface area contributed by atoms with Crippen molar-refractivity contribution < 1.29 is 33.1 Å². The molecule has 7 nitrogen and oxygen atoms in total. The van der Waals surface area contributed by atoms with Crippen LogP contribution < -0.4 is 23.5 Å². The van der Waals surface area contributed by atoms with E-state index in [1.54, 1.807) is 72.5 Å². The van der Waals surface area contributed by atoms with E-state index in [2.05, 4.69) is 0 Å². The van der Waals surface area contributed by atoms with E-state index < -0.39 is 0 Å². The van der Waals surface area contributed by atoms with Crippen LogP contribution in [0.25, 0.3) is 10.8 Å². The van der Waals surface area contributed by atoms with Crippen molar-refractivity contribution in [3.8, 4) is 23.0 Å². The molecule has 0 unspecified atom stereocenters. The molecule has 0 aliphatic rings. The molecule has 0 aliphatic carbocycles. The van der Waals surface area contributed by atoms with Gasteiger partial charge in [-0.25, -0.2) is 0 Å². The van der Waals surface area contributed by atoms with E-state index in [1.807, 2.05) is 6.07 Å². The molecule has 0 saturated carbocycles. The highest BCUT2D eigenvalue weighted by Crippen LogP contribution is 2.34. The van der Waals surface area contributed by atoms with Gasteiger partial charge in [0.25, 0.3) is 11.5 Å². The van der Waals surface area contributed by atoms with Crippen molar-refractivity contribution >= 4 is 33.9 Å². The zero-order valence-electron chi connectivity index (χ0n) is 20.3. The first-order valence-corrected chi connectivity index (χ1v) is 11.4. The quantitative estimate of drug-likeness (QED) is 0.237. The van der Waals surface area contributed by atoms with Crippen LogP contribution in [0.3, 0.4) is 0 Å². The fourth-order valence-corrected chi connectivity index (χ4v) is 4.14. The summed E-state index contributed by atoms with van der Waals surface area (Å²) in [7, 11) is 6.11. The number of benzene rings is 3. The minimum atomic E-state index is -0.294. The smallest absolute Gasteiger partial charge is 0.262 e. The Morgan fingerprint density at radius 3 is 1.94 bits per heavy atom. The Morgan fingerprint density at radius 2 is 1.31 bits per heavy atom. The summed E-state index contributed by atoms with van der Waals surface area (Å²) in [6.07, 6.45) is 1.72. The lowest BCUT2D eigenvalue weighted by Crippen LogP contribution is -2.43. The highest BCUT2D eigenvalue weighted by Gasteiger charge is 2.28. The number of hydrogen-bond donors (Lipinski definition) is 0. The monoisotopic (exact) mass is 506 g/mol. The Morgan fingerprint density at radius 1 is 0.722 bits per heavy atom. The molecular weight excluding hydrogens is 482 g/mol. The van der Waals surface area contributed by atoms with Gasteiger partial charge in [0.2, 0.25) is 12.3 Å². The maximum atomic E-state index is 13.9. The summed E-state index contributed by atoms with van der Waals surface area (Å²) in [6, 6.07) is 17.0. The lowest BCUT2D eigenvalue weighted by Gasteiger charge is -2.12. The summed E-state index contributed by atoms with van der Waals surface area (Å²) in [5.41, 5.74) is 1.19. The van der Waals surface area contributed by atoms with Crippen molar-refractivity contribution in [2.24, 2.45) is 0 Å². The molecule has 0 amide bonds. The number of aromatic nitrogens is 1. The van der Waals surface area contributed by atoms with E-state index >= 15 is 0 Å². The minimum absolute atomic E-state index is 0.0553. The SMILES string of the molecule is COc1ccc(C(=O)c2c3cc(OC)c(OC)cc3cc[n+]2CC(=O)c2ccc(Cl)cc2)cc1OC. The van der Waals surface area contributed by atoms with Crippen LogP contribution in [0.15, 0.2) is 66.9 Å². The average molecular weight is 507 g/mol. The Bertz CT molecular complexity index is 1450. The molecule has 0 bridgehead atoms. The Kier molecular flexibility index (Phi) is 7.41. The first-order chi connectivity index (χ1) is 17.4. The van der Waals surface area contributed by atoms with Crippen molar-refractivity contribution in [1.82, 2.24) is 0 Å². The number of carbonyl (C=O) groups is 2. The van der Waals surface area contributed by atoms with E-state index in [1.165, 1.54) is 21.3 Å². The van der Waals surface area contributed by atoms with E-state index in [9.17, 15) is 9.59 Å². The largest absolute Gasteiger partial charge is 0.493 e. The van der Waals surface area contributed by atoms with Gasteiger partial charge < -0.3 is 18.9 Å². The number of carbonyl (C=O) groups excluding carboxylic acids is 2. The van der Waals surface area contributed by atoms with E-state index in [-0.39, 0.29) is 18.1 Å². The lowest BCUT2D eigenvalue weighted by molar-refractivity contribution is -0.683. The number of hydrogen-bond acceptors (Lipinski definition) is 6. The summed E-state index contributed by atoms with van der Waals surface area (Å²) < 4.78 is 23.3. The van der Waals surface area contributed by atoms with Crippen LogP contribution in [-0.2, 0) is 6.54 Å². The Labute approximate surface area is 213 Å². The second-order valence-corrected chi connectivity index (χ2v) is 8.35. The first-order valence-electron chi connectivity index (χ1n) is 11.0. The van der Waals surface area contributed by atoms with Crippen LogP contribution in [0.2, 0.25) is 5.02 Å². The van der Waals surface area contributed by atoms with Crippen LogP contribution in [-0.4, -0.2) is 40.0 Å². The maximum absolute atomic E-state index is 13.9. The Hall–Kier alpha value is -4.10. The standard InChI is InChI=1S/C28H25ClNO6/c1-33-23-10-7-19(14-24(23)34-2)28(32)27-21-15-26(36-4)25(35-3)13-18(21)11-12-30(27)16-22(31)17-5-8-20(29)9-6-17/h5-15H,16H2,1-4H3/q+1. The van der Waals surface area contributed by atoms with E-state index in [0.717, 1.165) is 5.39 Å². The molecule has 0 radical (unpaired) electrons. The van der Waals surface area contributed by atoms with Gasteiger partial charge in [-0.15, -0.1) is 0 Å². The highest BCUT2D eigenvalue weighted by atomic mass is 35.5. The molecule has 0 N–H and O–H groups in total. The number of rotatable bonds is 9. The van der Waals surface area contributed by atoms with Gasteiger partial charge in [0.1, 0.15) is 0 Å². The van der Waals surface area contributed by atoms with Crippen molar-refractivity contribution in [2.75, 3.05) is 28.4 Å². The molecule has 3 aromatic carbocycles.